The lowest BCUT2D eigenvalue weighted by Gasteiger charge is -2.23. The molecule has 13 nitrogen and oxygen atoms in total. The lowest BCUT2D eigenvalue weighted by Crippen LogP contribution is -2.39. The molecule has 0 aliphatic carbocycles. The summed E-state index contributed by atoms with van der Waals surface area (Å²) in [5.41, 5.74) is 3.96. The molecule has 0 unspecified atom stereocenters. The number of nitrogens with zero attached hydrogens (tertiary/aromatic N) is 5. The summed E-state index contributed by atoms with van der Waals surface area (Å²) in [6.45, 7) is 3.69. The quantitative estimate of drug-likeness (QED) is 0.391. The van der Waals surface area contributed by atoms with E-state index in [9.17, 15) is 19.5 Å². The highest BCUT2D eigenvalue weighted by molar-refractivity contribution is 6.05. The van der Waals surface area contributed by atoms with Crippen molar-refractivity contribution >= 4 is 41.5 Å². The molecule has 0 saturated heterocycles. The molecule has 2 atom stereocenters. The molecule has 6 rings (SSSR count). The number of ether oxygens (including phenoxy) is 4. The number of amides is 3. The van der Waals surface area contributed by atoms with Crippen LogP contribution in [0.25, 0.3) is 0 Å². The molecule has 0 saturated carbocycles. The highest BCUT2D eigenvalue weighted by atomic mass is 16.5. The van der Waals surface area contributed by atoms with E-state index in [1.807, 2.05) is 26.2 Å². The summed E-state index contributed by atoms with van der Waals surface area (Å²) in [5.74, 6) is 0.622. The fourth-order valence-corrected chi connectivity index (χ4v) is 6.10. The Hall–Kier alpha value is -5.17. The first-order valence-corrected chi connectivity index (χ1v) is 15.4. The fraction of sp³-hybridized carbons (Fsp3) is 0.382. The average molecular weight is 644 g/mol. The molecule has 4 heterocycles. The first kappa shape index (κ1) is 31.8. The van der Waals surface area contributed by atoms with Gasteiger partial charge in [0.05, 0.1) is 61.9 Å². The van der Waals surface area contributed by atoms with E-state index in [4.69, 9.17) is 18.9 Å². The van der Waals surface area contributed by atoms with Gasteiger partial charge in [-0.2, -0.15) is 0 Å². The Labute approximate surface area is 272 Å². The number of fused-ring (bicyclic) bond motifs is 4. The lowest BCUT2D eigenvalue weighted by atomic mass is 10.1. The Morgan fingerprint density at radius 1 is 0.787 bits per heavy atom. The van der Waals surface area contributed by atoms with Crippen molar-refractivity contribution < 1.29 is 38.4 Å². The molecule has 0 radical (unpaired) electrons. The molecular formula is C34H37N5O8. The predicted molar refractivity (Wildman–Crippen MR) is 174 cm³/mol. The minimum Gasteiger partial charge on any atom is -0.493 e. The molecule has 0 aromatic heterocycles. The summed E-state index contributed by atoms with van der Waals surface area (Å²) in [5, 5.41) is 9.61. The lowest BCUT2D eigenvalue weighted by molar-refractivity contribution is -0.134. The van der Waals surface area contributed by atoms with E-state index < -0.39 is 12.5 Å². The molecule has 0 bridgehead atoms. The smallest absolute Gasteiger partial charge is 0.260 e. The van der Waals surface area contributed by atoms with Crippen LogP contribution in [0.4, 0.5) is 11.4 Å². The number of rotatable bonds is 11. The zero-order valence-electron chi connectivity index (χ0n) is 26.8. The number of hydrogen-bond donors (Lipinski definition) is 1. The van der Waals surface area contributed by atoms with E-state index in [1.54, 1.807) is 46.5 Å². The second kappa shape index (κ2) is 13.3. The number of aliphatic imine (C=N–C) groups is 2. The maximum absolute atomic E-state index is 13.2. The van der Waals surface area contributed by atoms with Gasteiger partial charge in [-0.3, -0.25) is 24.4 Å². The van der Waals surface area contributed by atoms with Gasteiger partial charge in [-0.15, -0.1) is 0 Å². The highest BCUT2D eigenvalue weighted by Gasteiger charge is 2.33. The third-order valence-corrected chi connectivity index (χ3v) is 8.49. The molecular weight excluding hydrogens is 606 g/mol. The number of methoxy groups -OCH3 is 2. The van der Waals surface area contributed by atoms with Crippen LogP contribution in [0, 0.1) is 0 Å². The maximum atomic E-state index is 13.2. The first-order valence-electron chi connectivity index (χ1n) is 15.4. The van der Waals surface area contributed by atoms with Gasteiger partial charge in [0.25, 0.3) is 11.8 Å². The van der Waals surface area contributed by atoms with Crippen molar-refractivity contribution in [2.45, 2.75) is 38.8 Å². The van der Waals surface area contributed by atoms with E-state index in [2.05, 4.69) is 9.98 Å². The summed E-state index contributed by atoms with van der Waals surface area (Å²) in [4.78, 5) is 53.0. The molecule has 2 aromatic carbocycles. The van der Waals surface area contributed by atoms with Gasteiger partial charge in [0.15, 0.2) is 23.0 Å². The van der Waals surface area contributed by atoms with E-state index in [0.717, 1.165) is 24.0 Å². The molecule has 0 spiro atoms. The van der Waals surface area contributed by atoms with Crippen molar-refractivity contribution in [3.05, 3.63) is 58.9 Å². The van der Waals surface area contributed by atoms with Crippen molar-refractivity contribution in [3.8, 4) is 23.0 Å². The SMILES string of the molecule is COc1cc2c(cc1OCCN(CCOc1cc3c(cc1OC)C(=O)N1C=C(C)C[C@H]1C=N3)C(=O)CO)N=C[C@@H]1CC(C)=CN1C2=O. The Morgan fingerprint density at radius 2 is 1.23 bits per heavy atom. The van der Waals surface area contributed by atoms with Gasteiger partial charge < -0.3 is 38.8 Å². The van der Waals surface area contributed by atoms with Gasteiger partial charge >= 0.3 is 0 Å². The first-order chi connectivity index (χ1) is 22.7. The number of carbonyl (C=O) groups excluding carboxylic acids is 3. The maximum Gasteiger partial charge on any atom is 0.260 e. The average Bonchev–Trinajstić information content (AvgIpc) is 3.58. The van der Waals surface area contributed by atoms with Crippen LogP contribution in [0.1, 0.15) is 47.4 Å². The third kappa shape index (κ3) is 6.30. The number of aliphatic hydroxyl groups is 1. The van der Waals surface area contributed by atoms with Crippen molar-refractivity contribution in [2.75, 3.05) is 47.1 Å². The van der Waals surface area contributed by atoms with E-state index in [-0.39, 0.29) is 50.2 Å². The van der Waals surface area contributed by atoms with Crippen molar-refractivity contribution in [1.82, 2.24) is 14.7 Å². The van der Waals surface area contributed by atoms with Crippen LogP contribution >= 0.6 is 0 Å². The zero-order valence-corrected chi connectivity index (χ0v) is 26.8. The van der Waals surface area contributed by atoms with Crippen molar-refractivity contribution in [3.63, 3.8) is 0 Å². The van der Waals surface area contributed by atoms with Crippen LogP contribution < -0.4 is 18.9 Å². The van der Waals surface area contributed by atoms with Crippen LogP contribution in [0.5, 0.6) is 23.0 Å². The number of hydrogen-bond acceptors (Lipinski definition) is 10. The van der Waals surface area contributed by atoms with Gasteiger partial charge in [0.2, 0.25) is 5.91 Å². The topological polar surface area (TPSA) is 143 Å². The van der Waals surface area contributed by atoms with Crippen molar-refractivity contribution in [2.24, 2.45) is 9.98 Å². The van der Waals surface area contributed by atoms with Gasteiger partial charge in [0.1, 0.15) is 19.8 Å². The Kier molecular flexibility index (Phi) is 8.99. The monoisotopic (exact) mass is 643 g/mol. The molecule has 4 aliphatic heterocycles. The van der Waals surface area contributed by atoms with Crippen LogP contribution in [0.3, 0.4) is 0 Å². The predicted octanol–water partition coefficient (Wildman–Crippen LogP) is 3.65. The summed E-state index contributed by atoms with van der Waals surface area (Å²) >= 11 is 0. The normalized spacial score (nSPS) is 19.2. The molecule has 13 heteroatoms. The van der Waals surface area contributed by atoms with Crippen LogP contribution in [0.2, 0.25) is 0 Å². The second-order valence-electron chi connectivity index (χ2n) is 11.8. The molecule has 4 aliphatic rings. The second-order valence-corrected chi connectivity index (χ2v) is 11.8. The number of carbonyl (C=O) groups is 3. The fourth-order valence-electron chi connectivity index (χ4n) is 6.10. The van der Waals surface area contributed by atoms with Gasteiger partial charge in [-0.1, -0.05) is 11.1 Å². The third-order valence-electron chi connectivity index (χ3n) is 8.49. The zero-order chi connectivity index (χ0) is 33.2. The van der Waals surface area contributed by atoms with E-state index in [1.165, 1.54) is 19.1 Å². The molecule has 1 N–H and O–H groups in total. The highest BCUT2D eigenvalue weighted by Crippen LogP contribution is 2.40. The van der Waals surface area contributed by atoms with E-state index in [0.29, 0.717) is 45.5 Å². The minimum absolute atomic E-state index is 0.0693. The summed E-state index contributed by atoms with van der Waals surface area (Å²) < 4.78 is 23.0. The number of benzene rings is 2. The van der Waals surface area contributed by atoms with Gasteiger partial charge in [0, 0.05) is 37.0 Å². The van der Waals surface area contributed by atoms with Gasteiger partial charge in [-0.25, -0.2) is 0 Å². The molecule has 246 valence electrons. The van der Waals surface area contributed by atoms with Gasteiger partial charge in [-0.05, 0) is 38.8 Å². The summed E-state index contributed by atoms with van der Waals surface area (Å²) in [7, 11) is 2.97. The Bertz CT molecular complexity index is 1610. The van der Waals surface area contributed by atoms with E-state index >= 15 is 0 Å². The number of aliphatic hydroxyl groups excluding tert-OH is 1. The van der Waals surface area contributed by atoms with Crippen LogP contribution in [0.15, 0.2) is 57.8 Å². The Morgan fingerprint density at radius 3 is 1.64 bits per heavy atom. The molecule has 47 heavy (non-hydrogen) atoms. The standard InChI is InChI=1S/C34H37N5O8/c1-20-9-22-15-35-26-13-30(28(44-3)11-24(26)33(42)38(22)17-20)46-7-5-37(32(41)19-40)6-8-47-31-14-27-25(12-29(31)45-4)34(43)39-18-21(2)10-23(39)16-36-27/h11-18,22-23,40H,5-10,19H2,1-4H3/t22-,23-/m0/s1. The molecule has 0 fully saturated rings. The van der Waals surface area contributed by atoms with Crippen LogP contribution in [-0.4, -0.2) is 109 Å². The Balaban J connectivity index is 1.11. The molecule has 3 amide bonds. The minimum atomic E-state index is -0.685. The summed E-state index contributed by atoms with van der Waals surface area (Å²) in [6.07, 6.45) is 8.68. The summed E-state index contributed by atoms with van der Waals surface area (Å²) in [6, 6.07) is 6.28. The largest absolute Gasteiger partial charge is 0.493 e. The molecule has 2 aromatic rings. The van der Waals surface area contributed by atoms with Crippen molar-refractivity contribution in [1.29, 1.82) is 0 Å². The van der Waals surface area contributed by atoms with Crippen LogP contribution in [-0.2, 0) is 4.79 Å².